The summed E-state index contributed by atoms with van der Waals surface area (Å²) in [6, 6.07) is 8.58. The number of pyridine rings is 1. The Morgan fingerprint density at radius 3 is 2.32 bits per heavy atom. The van der Waals surface area contributed by atoms with Crippen LogP contribution in [0, 0.1) is 0 Å². The zero-order valence-electron chi connectivity index (χ0n) is 14.3. The van der Waals surface area contributed by atoms with Crippen molar-refractivity contribution in [2.45, 2.75) is 45.3 Å². The number of nitrogens with one attached hydrogen (secondary N) is 1. The molecule has 134 valence electrons. The maximum atomic E-state index is 12.7. The molecule has 25 heavy (non-hydrogen) atoms. The number of hydrogen-bond donors (Lipinski definition) is 1. The Labute approximate surface area is 145 Å². The lowest BCUT2D eigenvalue weighted by atomic mass is 9.95. The lowest BCUT2D eigenvalue weighted by Gasteiger charge is -2.11. The summed E-state index contributed by atoms with van der Waals surface area (Å²) < 4.78 is 39.8. The average molecular weight is 351 g/mol. The highest BCUT2D eigenvalue weighted by molar-refractivity contribution is 5.89. The quantitative estimate of drug-likeness (QED) is 0.762. The predicted octanol–water partition coefficient (Wildman–Crippen LogP) is 4.54. The fourth-order valence-corrected chi connectivity index (χ4v) is 2.75. The van der Waals surface area contributed by atoms with Gasteiger partial charge in [0, 0.05) is 17.8 Å². The van der Waals surface area contributed by atoms with Crippen LogP contribution < -0.4 is 9.88 Å². The van der Waals surface area contributed by atoms with Crippen LogP contribution in [0.15, 0.2) is 48.8 Å². The van der Waals surface area contributed by atoms with Gasteiger partial charge in [-0.25, -0.2) is 0 Å². The van der Waals surface area contributed by atoms with E-state index < -0.39 is 11.7 Å². The first kappa shape index (κ1) is 19.0. The summed E-state index contributed by atoms with van der Waals surface area (Å²) in [5, 5.41) is 2.50. The summed E-state index contributed by atoms with van der Waals surface area (Å²) in [7, 11) is 0. The van der Waals surface area contributed by atoms with E-state index in [2.05, 4.69) is 19.2 Å². The first-order chi connectivity index (χ1) is 11.8. The molecule has 0 radical (unpaired) electrons. The lowest BCUT2D eigenvalue weighted by molar-refractivity contribution is -0.684. The number of alkyl halides is 3. The van der Waals surface area contributed by atoms with E-state index in [1.807, 2.05) is 24.5 Å². The maximum Gasteiger partial charge on any atom is 0.416 e. The molecule has 1 aromatic heterocycles. The zero-order chi connectivity index (χ0) is 18.4. The van der Waals surface area contributed by atoms with Gasteiger partial charge in [0.25, 0.3) is 5.91 Å². The van der Waals surface area contributed by atoms with Crippen molar-refractivity contribution in [3.05, 3.63) is 59.9 Å². The van der Waals surface area contributed by atoms with Crippen molar-refractivity contribution >= 4 is 11.6 Å². The third kappa shape index (κ3) is 5.31. The number of nitrogens with zero attached hydrogens (tertiary/aromatic N) is 1. The van der Waals surface area contributed by atoms with Crippen LogP contribution in [0.4, 0.5) is 18.9 Å². The Kier molecular flexibility index (Phi) is 6.17. The summed E-state index contributed by atoms with van der Waals surface area (Å²) in [5.74, 6) is 0.119. The van der Waals surface area contributed by atoms with Gasteiger partial charge in [-0.3, -0.25) is 4.79 Å². The topological polar surface area (TPSA) is 33.0 Å². The highest BCUT2D eigenvalue weighted by atomic mass is 19.4. The van der Waals surface area contributed by atoms with Crippen LogP contribution in [0.1, 0.15) is 43.7 Å². The molecule has 3 nitrogen and oxygen atoms in total. The normalized spacial score (nSPS) is 11.6. The summed E-state index contributed by atoms with van der Waals surface area (Å²) in [6.45, 7) is 4.31. The highest BCUT2D eigenvalue weighted by Gasteiger charge is 2.30. The number of aromatic nitrogens is 1. The summed E-state index contributed by atoms with van der Waals surface area (Å²) >= 11 is 0. The molecule has 1 N–H and O–H groups in total. The van der Waals surface area contributed by atoms with Gasteiger partial charge in [0.1, 0.15) is 0 Å². The van der Waals surface area contributed by atoms with E-state index in [0.717, 1.165) is 25.0 Å². The van der Waals surface area contributed by atoms with Gasteiger partial charge < -0.3 is 5.32 Å². The second kappa shape index (κ2) is 8.14. The number of rotatable bonds is 6. The molecule has 0 aliphatic rings. The van der Waals surface area contributed by atoms with Gasteiger partial charge in [0.2, 0.25) is 6.54 Å². The number of amides is 1. The minimum Gasteiger partial charge on any atom is -0.321 e. The van der Waals surface area contributed by atoms with Crippen LogP contribution >= 0.6 is 0 Å². The van der Waals surface area contributed by atoms with Gasteiger partial charge >= 0.3 is 6.18 Å². The number of carbonyl (C=O) groups excluding carboxylic acids is 1. The first-order valence-electron chi connectivity index (χ1n) is 8.29. The molecule has 0 aliphatic carbocycles. The SMILES string of the molecule is CCC(CC)c1cc[n+](CC(=O)Nc2cccc(C(F)(F)F)c2)cc1. The van der Waals surface area contributed by atoms with Gasteiger partial charge in [0.15, 0.2) is 12.4 Å². The number of benzene rings is 1. The molecule has 0 unspecified atom stereocenters. The number of carbonyl (C=O) groups is 1. The van der Waals surface area contributed by atoms with Gasteiger partial charge in [-0.2, -0.15) is 17.7 Å². The van der Waals surface area contributed by atoms with Gasteiger partial charge in [0.05, 0.1) is 5.56 Å². The van der Waals surface area contributed by atoms with Gasteiger partial charge in [-0.1, -0.05) is 19.9 Å². The van der Waals surface area contributed by atoms with Crippen molar-refractivity contribution in [2.75, 3.05) is 5.32 Å². The summed E-state index contributed by atoms with van der Waals surface area (Å²) in [6.07, 6.45) is 1.31. The van der Waals surface area contributed by atoms with Crippen LogP contribution in [0.2, 0.25) is 0 Å². The van der Waals surface area contributed by atoms with Crippen molar-refractivity contribution in [3.8, 4) is 0 Å². The molecular weight excluding hydrogens is 329 g/mol. The van der Waals surface area contributed by atoms with E-state index in [1.165, 1.54) is 17.7 Å². The maximum absolute atomic E-state index is 12.7. The van der Waals surface area contributed by atoms with Crippen LogP contribution in [0.5, 0.6) is 0 Å². The molecule has 6 heteroatoms. The largest absolute Gasteiger partial charge is 0.416 e. The molecule has 0 aliphatic heterocycles. The molecule has 2 rings (SSSR count). The number of anilines is 1. The smallest absolute Gasteiger partial charge is 0.321 e. The monoisotopic (exact) mass is 351 g/mol. The minimum absolute atomic E-state index is 0.0411. The van der Waals surface area contributed by atoms with E-state index in [1.54, 1.807) is 4.57 Å². The van der Waals surface area contributed by atoms with Gasteiger partial charge in [-0.05, 0) is 42.5 Å². The van der Waals surface area contributed by atoms with E-state index in [4.69, 9.17) is 0 Å². The highest BCUT2D eigenvalue weighted by Crippen LogP contribution is 2.30. The van der Waals surface area contributed by atoms with Crippen molar-refractivity contribution in [1.82, 2.24) is 0 Å². The van der Waals surface area contributed by atoms with Crippen LogP contribution in [0.25, 0.3) is 0 Å². The van der Waals surface area contributed by atoms with E-state index >= 15 is 0 Å². The molecule has 1 heterocycles. The summed E-state index contributed by atoms with van der Waals surface area (Å²) in [5.41, 5.74) is 0.570. The predicted molar refractivity (Wildman–Crippen MR) is 90.0 cm³/mol. The standard InChI is InChI=1S/C19H21F3N2O/c1-3-14(4-2)15-8-10-24(11-9-15)13-18(25)23-17-7-5-6-16(12-17)19(20,21)22/h5-12,14H,3-4,13H2,1-2H3/p+1. The van der Waals surface area contributed by atoms with E-state index in [-0.39, 0.29) is 18.1 Å². The van der Waals surface area contributed by atoms with E-state index in [9.17, 15) is 18.0 Å². The second-order valence-corrected chi connectivity index (χ2v) is 5.94. The van der Waals surface area contributed by atoms with Crippen molar-refractivity contribution in [1.29, 1.82) is 0 Å². The molecule has 0 bridgehead atoms. The molecule has 1 aromatic carbocycles. The van der Waals surface area contributed by atoms with Gasteiger partial charge in [-0.15, -0.1) is 0 Å². The Hall–Kier alpha value is -2.37. The third-order valence-electron chi connectivity index (χ3n) is 4.17. The van der Waals surface area contributed by atoms with Crippen molar-refractivity contribution < 1.29 is 22.5 Å². The lowest BCUT2D eigenvalue weighted by Crippen LogP contribution is -2.39. The first-order valence-corrected chi connectivity index (χ1v) is 8.29. The van der Waals surface area contributed by atoms with Crippen LogP contribution in [0.3, 0.4) is 0 Å². The third-order valence-corrected chi connectivity index (χ3v) is 4.17. The Balaban J connectivity index is 2.01. The van der Waals surface area contributed by atoms with E-state index in [0.29, 0.717) is 5.92 Å². The minimum atomic E-state index is -4.43. The van der Waals surface area contributed by atoms with Crippen molar-refractivity contribution in [3.63, 3.8) is 0 Å². The Bertz CT molecular complexity index is 707. The average Bonchev–Trinajstić information content (AvgIpc) is 2.57. The molecule has 0 saturated carbocycles. The molecule has 0 spiro atoms. The second-order valence-electron chi connectivity index (χ2n) is 5.94. The van der Waals surface area contributed by atoms with Crippen molar-refractivity contribution in [2.24, 2.45) is 0 Å². The number of halogens is 3. The summed E-state index contributed by atoms with van der Waals surface area (Å²) in [4.78, 5) is 12.1. The fourth-order valence-electron chi connectivity index (χ4n) is 2.75. The Morgan fingerprint density at radius 1 is 1.12 bits per heavy atom. The molecule has 0 saturated heterocycles. The molecule has 2 aromatic rings. The van der Waals surface area contributed by atoms with Crippen LogP contribution in [-0.4, -0.2) is 5.91 Å². The molecular formula is C19H22F3N2O+. The number of hydrogen-bond acceptors (Lipinski definition) is 1. The Morgan fingerprint density at radius 2 is 1.76 bits per heavy atom. The van der Waals surface area contributed by atoms with Crippen LogP contribution in [-0.2, 0) is 17.5 Å². The molecule has 0 fully saturated rings. The zero-order valence-corrected chi connectivity index (χ0v) is 14.3. The molecule has 1 amide bonds. The molecule has 0 atom stereocenters. The fraction of sp³-hybridized carbons (Fsp3) is 0.368.